The topological polar surface area (TPSA) is 42.0 Å². The molecule has 0 unspecified atom stereocenters. The van der Waals surface area contributed by atoms with Gasteiger partial charge in [-0.3, -0.25) is 4.79 Å². The number of carbonyl (C=O) groups is 1. The molecule has 21 heavy (non-hydrogen) atoms. The van der Waals surface area contributed by atoms with E-state index in [1.54, 1.807) is 7.11 Å². The maximum Gasteiger partial charge on any atom is 0.248 e. The van der Waals surface area contributed by atoms with Crippen LogP contribution in [-0.4, -0.2) is 63.9 Å². The Balaban J connectivity index is 1.79. The summed E-state index contributed by atoms with van der Waals surface area (Å²) in [4.78, 5) is 16.3. The van der Waals surface area contributed by atoms with Crippen LogP contribution in [0.3, 0.4) is 0 Å². The predicted molar refractivity (Wildman–Crippen MR) is 82.5 cm³/mol. The van der Waals surface area contributed by atoms with Gasteiger partial charge in [-0.15, -0.1) is 0 Å². The minimum absolute atomic E-state index is 0.0704. The van der Waals surface area contributed by atoms with Crippen LogP contribution in [-0.2, 0) is 14.3 Å². The normalized spacial score (nSPS) is 15.9. The summed E-state index contributed by atoms with van der Waals surface area (Å²) in [5.74, 6) is 0.0704. The number of para-hydroxylation sites is 1. The summed E-state index contributed by atoms with van der Waals surface area (Å²) >= 11 is 0. The fraction of sp³-hybridized carbons (Fsp3) is 0.562. The van der Waals surface area contributed by atoms with E-state index in [0.717, 1.165) is 32.6 Å². The molecule has 5 nitrogen and oxygen atoms in total. The summed E-state index contributed by atoms with van der Waals surface area (Å²) in [6.45, 7) is 4.54. The van der Waals surface area contributed by atoms with Crippen molar-refractivity contribution in [1.82, 2.24) is 4.90 Å². The molecule has 0 aliphatic carbocycles. The highest BCUT2D eigenvalue weighted by Crippen LogP contribution is 2.15. The van der Waals surface area contributed by atoms with E-state index in [1.165, 1.54) is 5.69 Å². The molecule has 1 saturated heterocycles. The van der Waals surface area contributed by atoms with E-state index in [0.29, 0.717) is 13.2 Å². The second kappa shape index (κ2) is 8.64. The lowest BCUT2D eigenvalue weighted by Gasteiger charge is -2.23. The average molecular weight is 292 g/mol. The van der Waals surface area contributed by atoms with Gasteiger partial charge in [-0.1, -0.05) is 18.2 Å². The Bertz CT molecular complexity index is 425. The molecule has 1 aromatic carbocycles. The van der Waals surface area contributed by atoms with Crippen LogP contribution in [0.5, 0.6) is 0 Å². The van der Waals surface area contributed by atoms with Crippen LogP contribution in [0, 0.1) is 0 Å². The molecular formula is C16H24N2O3. The Morgan fingerprint density at radius 3 is 2.67 bits per heavy atom. The van der Waals surface area contributed by atoms with E-state index < -0.39 is 0 Å². The van der Waals surface area contributed by atoms with E-state index in [1.807, 2.05) is 23.1 Å². The van der Waals surface area contributed by atoms with E-state index in [2.05, 4.69) is 17.0 Å². The van der Waals surface area contributed by atoms with Crippen LogP contribution in [0.4, 0.5) is 5.69 Å². The summed E-state index contributed by atoms with van der Waals surface area (Å²) in [6.07, 6.45) is 0.985. The van der Waals surface area contributed by atoms with Crippen molar-refractivity contribution >= 4 is 11.6 Å². The van der Waals surface area contributed by atoms with Crippen LogP contribution in [0.15, 0.2) is 30.3 Å². The highest BCUT2D eigenvalue weighted by Gasteiger charge is 2.19. The third-order valence-electron chi connectivity index (χ3n) is 3.63. The molecule has 0 atom stereocenters. The fourth-order valence-electron chi connectivity index (χ4n) is 2.46. The second-order valence-corrected chi connectivity index (χ2v) is 5.10. The van der Waals surface area contributed by atoms with Gasteiger partial charge in [0.2, 0.25) is 5.91 Å². The van der Waals surface area contributed by atoms with Crippen molar-refractivity contribution in [3.8, 4) is 0 Å². The number of rotatable bonds is 6. The van der Waals surface area contributed by atoms with Gasteiger partial charge in [-0.2, -0.15) is 0 Å². The zero-order valence-corrected chi connectivity index (χ0v) is 12.7. The summed E-state index contributed by atoms with van der Waals surface area (Å²) in [6, 6.07) is 10.4. The fourth-order valence-corrected chi connectivity index (χ4v) is 2.46. The number of hydrogen-bond acceptors (Lipinski definition) is 4. The average Bonchev–Trinajstić information content (AvgIpc) is 2.78. The third-order valence-corrected chi connectivity index (χ3v) is 3.63. The standard InChI is InChI=1S/C16H24N2O3/c1-20-12-13-21-14-16(19)18-9-5-8-17(10-11-18)15-6-3-2-4-7-15/h2-4,6-7H,5,8-14H2,1H3. The van der Waals surface area contributed by atoms with Crippen LogP contribution in [0.2, 0.25) is 0 Å². The first-order valence-corrected chi connectivity index (χ1v) is 7.45. The van der Waals surface area contributed by atoms with Gasteiger partial charge in [0.15, 0.2) is 0 Å². The van der Waals surface area contributed by atoms with E-state index >= 15 is 0 Å². The maximum atomic E-state index is 12.1. The molecule has 0 bridgehead atoms. The van der Waals surface area contributed by atoms with Gasteiger partial charge in [0.1, 0.15) is 6.61 Å². The van der Waals surface area contributed by atoms with Crippen molar-refractivity contribution in [3.63, 3.8) is 0 Å². The molecular weight excluding hydrogens is 268 g/mol. The van der Waals surface area contributed by atoms with Crippen LogP contribution >= 0.6 is 0 Å². The lowest BCUT2D eigenvalue weighted by Crippen LogP contribution is -2.37. The quantitative estimate of drug-likeness (QED) is 0.743. The first kappa shape index (κ1) is 15.8. The maximum absolute atomic E-state index is 12.1. The van der Waals surface area contributed by atoms with Crippen molar-refractivity contribution in [2.45, 2.75) is 6.42 Å². The molecule has 0 aromatic heterocycles. The number of benzene rings is 1. The van der Waals surface area contributed by atoms with Gasteiger partial charge in [0.05, 0.1) is 13.2 Å². The number of nitrogens with zero attached hydrogens (tertiary/aromatic N) is 2. The highest BCUT2D eigenvalue weighted by molar-refractivity contribution is 5.77. The summed E-state index contributed by atoms with van der Waals surface area (Å²) in [7, 11) is 1.62. The molecule has 1 fully saturated rings. The first-order chi connectivity index (χ1) is 10.3. The molecule has 5 heteroatoms. The monoisotopic (exact) mass is 292 g/mol. The van der Waals surface area contributed by atoms with Gasteiger partial charge < -0.3 is 19.3 Å². The number of methoxy groups -OCH3 is 1. The molecule has 116 valence electrons. The van der Waals surface area contributed by atoms with Crippen molar-refractivity contribution in [3.05, 3.63) is 30.3 Å². The molecule has 1 aliphatic rings. The Hall–Kier alpha value is -1.59. The molecule has 0 radical (unpaired) electrons. The van der Waals surface area contributed by atoms with Gasteiger partial charge in [0, 0.05) is 39.0 Å². The lowest BCUT2D eigenvalue weighted by atomic mass is 10.3. The largest absolute Gasteiger partial charge is 0.382 e. The Kier molecular flexibility index (Phi) is 6.50. The second-order valence-electron chi connectivity index (χ2n) is 5.10. The number of hydrogen-bond donors (Lipinski definition) is 0. The molecule has 1 aliphatic heterocycles. The molecule has 2 rings (SSSR count). The van der Waals surface area contributed by atoms with Crippen molar-refractivity contribution in [2.24, 2.45) is 0 Å². The summed E-state index contributed by atoms with van der Waals surface area (Å²) in [5.41, 5.74) is 1.23. The molecule has 0 saturated carbocycles. The SMILES string of the molecule is COCCOCC(=O)N1CCCN(c2ccccc2)CC1. The number of anilines is 1. The van der Waals surface area contributed by atoms with E-state index in [9.17, 15) is 4.79 Å². The molecule has 0 N–H and O–H groups in total. The molecule has 1 heterocycles. The summed E-state index contributed by atoms with van der Waals surface area (Å²) in [5, 5.41) is 0. The highest BCUT2D eigenvalue weighted by atomic mass is 16.5. The number of ether oxygens (including phenoxy) is 2. The molecule has 1 amide bonds. The van der Waals surface area contributed by atoms with Crippen molar-refractivity contribution in [2.75, 3.05) is 58.0 Å². The Morgan fingerprint density at radius 2 is 1.90 bits per heavy atom. The van der Waals surface area contributed by atoms with Crippen molar-refractivity contribution in [1.29, 1.82) is 0 Å². The molecule has 1 aromatic rings. The number of carbonyl (C=O) groups excluding carboxylic acids is 1. The predicted octanol–water partition coefficient (Wildman–Crippen LogP) is 1.39. The summed E-state index contributed by atoms with van der Waals surface area (Å²) < 4.78 is 10.2. The van der Waals surface area contributed by atoms with Gasteiger partial charge in [0.25, 0.3) is 0 Å². The first-order valence-electron chi connectivity index (χ1n) is 7.45. The Morgan fingerprint density at radius 1 is 1.10 bits per heavy atom. The van der Waals surface area contributed by atoms with Gasteiger partial charge in [-0.05, 0) is 18.6 Å². The van der Waals surface area contributed by atoms with E-state index in [-0.39, 0.29) is 12.5 Å². The van der Waals surface area contributed by atoms with Gasteiger partial charge in [-0.25, -0.2) is 0 Å². The Labute approximate surface area is 126 Å². The molecule has 0 spiro atoms. The van der Waals surface area contributed by atoms with Crippen LogP contribution < -0.4 is 4.90 Å². The van der Waals surface area contributed by atoms with Crippen molar-refractivity contribution < 1.29 is 14.3 Å². The lowest BCUT2D eigenvalue weighted by molar-refractivity contribution is -0.136. The third kappa shape index (κ3) is 5.02. The van der Waals surface area contributed by atoms with Crippen LogP contribution in [0.1, 0.15) is 6.42 Å². The van der Waals surface area contributed by atoms with Crippen LogP contribution in [0.25, 0.3) is 0 Å². The number of amides is 1. The van der Waals surface area contributed by atoms with E-state index in [4.69, 9.17) is 9.47 Å². The minimum atomic E-state index is 0.0704. The zero-order chi connectivity index (χ0) is 14.9. The zero-order valence-electron chi connectivity index (χ0n) is 12.7. The minimum Gasteiger partial charge on any atom is -0.382 e. The smallest absolute Gasteiger partial charge is 0.248 e. The van der Waals surface area contributed by atoms with Gasteiger partial charge >= 0.3 is 0 Å².